The molecule has 1 unspecified atom stereocenters. The van der Waals surface area contributed by atoms with Gasteiger partial charge in [-0.1, -0.05) is 48.5 Å². The van der Waals surface area contributed by atoms with Crippen LogP contribution >= 0.6 is 0 Å². The maximum absolute atomic E-state index is 13.0. The molecular weight excluding hydrogens is 446 g/mol. The van der Waals surface area contributed by atoms with Crippen molar-refractivity contribution in [2.75, 3.05) is 0 Å². The molecule has 1 fully saturated rings. The predicted molar refractivity (Wildman–Crippen MR) is 126 cm³/mol. The number of nitrogens with zero attached hydrogens (tertiary/aromatic N) is 4. The van der Waals surface area contributed by atoms with Crippen LogP contribution < -0.4 is 10.1 Å². The number of nitrogens with one attached hydrogen (secondary N) is 1. The van der Waals surface area contributed by atoms with E-state index in [1.807, 2.05) is 35.1 Å². The van der Waals surface area contributed by atoms with Crippen molar-refractivity contribution in [3.63, 3.8) is 0 Å². The number of carbonyl (C=O) groups excluding carboxylic acids is 3. The molecule has 180 valence electrons. The Morgan fingerprint density at radius 3 is 2.71 bits per heavy atom. The normalized spacial score (nSPS) is 18.4. The number of aromatic nitrogens is 3. The summed E-state index contributed by atoms with van der Waals surface area (Å²) in [6.07, 6.45) is 4.24. The Morgan fingerprint density at radius 2 is 1.94 bits per heavy atom. The highest BCUT2D eigenvalue weighted by molar-refractivity contribution is 6.05. The first-order valence-electron chi connectivity index (χ1n) is 11.9. The van der Waals surface area contributed by atoms with Crippen molar-refractivity contribution in [3.8, 4) is 5.75 Å². The highest BCUT2D eigenvalue weighted by Gasteiger charge is 2.40. The average Bonchev–Trinajstić information content (AvgIpc) is 3.47. The molecule has 0 bridgehead atoms. The summed E-state index contributed by atoms with van der Waals surface area (Å²) in [4.78, 5) is 38.3. The van der Waals surface area contributed by atoms with Crippen molar-refractivity contribution in [3.05, 3.63) is 77.1 Å². The molecule has 9 heteroatoms. The molecule has 0 spiro atoms. The average molecular weight is 474 g/mol. The number of piperidine rings is 1. The van der Waals surface area contributed by atoms with Crippen LogP contribution in [0.3, 0.4) is 0 Å². The highest BCUT2D eigenvalue weighted by Crippen LogP contribution is 2.34. The largest absolute Gasteiger partial charge is 0.487 e. The van der Waals surface area contributed by atoms with E-state index >= 15 is 0 Å². The third-order valence-electron chi connectivity index (χ3n) is 6.63. The number of carbonyl (C=O) groups is 3. The molecule has 2 aliphatic rings. The molecule has 2 atom stereocenters. The van der Waals surface area contributed by atoms with Gasteiger partial charge in [-0.3, -0.25) is 19.7 Å². The quantitative estimate of drug-likeness (QED) is 0.504. The van der Waals surface area contributed by atoms with Gasteiger partial charge in [0.25, 0.3) is 5.91 Å². The van der Waals surface area contributed by atoms with Gasteiger partial charge in [0.1, 0.15) is 24.1 Å². The summed E-state index contributed by atoms with van der Waals surface area (Å²) in [5.74, 6) is -0.377. The summed E-state index contributed by atoms with van der Waals surface area (Å²) in [5.41, 5.74) is 3.20. The minimum atomic E-state index is -0.657. The van der Waals surface area contributed by atoms with Crippen LogP contribution in [0.15, 0.2) is 54.7 Å². The van der Waals surface area contributed by atoms with Gasteiger partial charge in [-0.2, -0.15) is 0 Å². The van der Waals surface area contributed by atoms with E-state index in [1.54, 1.807) is 12.1 Å². The summed E-state index contributed by atoms with van der Waals surface area (Å²) in [7, 11) is 0. The van der Waals surface area contributed by atoms with Crippen LogP contribution in [0.2, 0.25) is 0 Å². The Morgan fingerprint density at radius 1 is 1.11 bits per heavy atom. The third kappa shape index (κ3) is 4.66. The first-order chi connectivity index (χ1) is 17.0. The second-order valence-corrected chi connectivity index (χ2v) is 8.91. The van der Waals surface area contributed by atoms with Crippen molar-refractivity contribution >= 4 is 17.7 Å². The number of ether oxygens (including phenoxy) is 1. The zero-order valence-electron chi connectivity index (χ0n) is 19.5. The lowest BCUT2D eigenvalue weighted by Crippen LogP contribution is -2.52. The Kier molecular flexibility index (Phi) is 6.31. The molecule has 0 aliphatic carbocycles. The van der Waals surface area contributed by atoms with Gasteiger partial charge in [0, 0.05) is 17.5 Å². The molecule has 3 amide bonds. The maximum atomic E-state index is 13.0. The fourth-order valence-corrected chi connectivity index (χ4v) is 4.71. The van der Waals surface area contributed by atoms with E-state index in [-0.39, 0.29) is 37.4 Å². The van der Waals surface area contributed by atoms with Gasteiger partial charge in [-0.25, -0.2) is 4.68 Å². The number of hydrogen-bond donors (Lipinski definition) is 1. The maximum Gasteiger partial charge on any atom is 0.255 e. The molecule has 0 radical (unpaired) electrons. The van der Waals surface area contributed by atoms with Crippen LogP contribution in [0.5, 0.6) is 5.75 Å². The molecule has 0 saturated carbocycles. The lowest BCUT2D eigenvalue weighted by atomic mass is 10.0. The topological polar surface area (TPSA) is 106 Å². The fraction of sp³-hybridized carbons (Fsp3) is 0.346. The standard InChI is InChI=1S/C26H27N5O4/c1-2-19(13-17-7-4-3-5-8-17)31-14-18(28-29-31)16-35-23-10-6-9-20-21(23)15-30(26(20)34)22-11-12-24(32)27-25(22)33/h3-10,14,19,22H,2,11-13,15-16H2,1H3,(H,27,32,33)/t19-,22?/m0/s1. The van der Waals surface area contributed by atoms with Gasteiger partial charge in [0.05, 0.1) is 18.8 Å². The molecule has 9 nitrogen and oxygen atoms in total. The smallest absolute Gasteiger partial charge is 0.255 e. The fourth-order valence-electron chi connectivity index (χ4n) is 4.71. The van der Waals surface area contributed by atoms with Crippen molar-refractivity contribution in [2.24, 2.45) is 0 Å². The third-order valence-corrected chi connectivity index (χ3v) is 6.63. The van der Waals surface area contributed by atoms with Gasteiger partial charge in [0.15, 0.2) is 0 Å². The Labute approximate surface area is 203 Å². The minimum absolute atomic E-state index is 0.194. The Hall–Kier alpha value is -4.01. The van der Waals surface area contributed by atoms with Crippen molar-refractivity contribution in [1.82, 2.24) is 25.2 Å². The minimum Gasteiger partial charge on any atom is -0.487 e. The van der Waals surface area contributed by atoms with E-state index in [1.165, 1.54) is 10.5 Å². The number of fused-ring (bicyclic) bond motifs is 1. The lowest BCUT2D eigenvalue weighted by Gasteiger charge is -2.29. The lowest BCUT2D eigenvalue weighted by molar-refractivity contribution is -0.136. The van der Waals surface area contributed by atoms with Crippen molar-refractivity contribution < 1.29 is 19.1 Å². The van der Waals surface area contributed by atoms with Crippen molar-refractivity contribution in [2.45, 2.75) is 57.8 Å². The van der Waals surface area contributed by atoms with E-state index in [2.05, 4.69) is 34.7 Å². The molecule has 1 aromatic heterocycles. The summed E-state index contributed by atoms with van der Waals surface area (Å²) in [5, 5.41) is 10.9. The summed E-state index contributed by atoms with van der Waals surface area (Å²) in [6.45, 7) is 2.60. The van der Waals surface area contributed by atoms with Crippen molar-refractivity contribution in [1.29, 1.82) is 0 Å². The van der Waals surface area contributed by atoms with Gasteiger partial charge < -0.3 is 9.64 Å². The molecule has 3 aromatic rings. The number of rotatable bonds is 8. The van der Waals surface area contributed by atoms with Gasteiger partial charge in [-0.15, -0.1) is 5.10 Å². The van der Waals surface area contributed by atoms with E-state index in [0.29, 0.717) is 23.4 Å². The van der Waals surface area contributed by atoms with Crippen LogP contribution in [-0.4, -0.2) is 43.7 Å². The van der Waals surface area contributed by atoms with Gasteiger partial charge in [-0.05, 0) is 37.0 Å². The first kappa shape index (κ1) is 22.8. The predicted octanol–water partition coefficient (Wildman–Crippen LogP) is 2.81. The second-order valence-electron chi connectivity index (χ2n) is 8.91. The summed E-state index contributed by atoms with van der Waals surface area (Å²) < 4.78 is 7.94. The van der Waals surface area contributed by atoms with Crippen LogP contribution in [0, 0.1) is 0 Å². The number of imide groups is 1. The number of hydrogen-bond acceptors (Lipinski definition) is 6. The molecule has 35 heavy (non-hydrogen) atoms. The molecule has 1 saturated heterocycles. The van der Waals surface area contributed by atoms with Crippen LogP contribution in [0.4, 0.5) is 0 Å². The van der Waals surface area contributed by atoms with Gasteiger partial charge in [0.2, 0.25) is 11.8 Å². The molecule has 3 heterocycles. The van der Waals surface area contributed by atoms with E-state index in [4.69, 9.17) is 4.74 Å². The monoisotopic (exact) mass is 473 g/mol. The molecule has 2 aliphatic heterocycles. The van der Waals surface area contributed by atoms with Crippen LogP contribution in [0.1, 0.15) is 59.4 Å². The Balaban J connectivity index is 1.26. The summed E-state index contributed by atoms with van der Waals surface area (Å²) in [6, 6.07) is 15.2. The zero-order chi connectivity index (χ0) is 24.4. The zero-order valence-corrected chi connectivity index (χ0v) is 19.5. The van der Waals surface area contributed by atoms with Crippen LogP contribution in [0.25, 0.3) is 0 Å². The number of amides is 3. The molecular formula is C26H27N5O4. The van der Waals surface area contributed by atoms with E-state index in [9.17, 15) is 14.4 Å². The van der Waals surface area contributed by atoms with Crippen LogP contribution in [-0.2, 0) is 29.2 Å². The molecule has 2 aromatic carbocycles. The Bertz CT molecular complexity index is 1260. The van der Waals surface area contributed by atoms with E-state index < -0.39 is 11.9 Å². The number of benzene rings is 2. The molecule has 5 rings (SSSR count). The second kappa shape index (κ2) is 9.69. The SMILES string of the molecule is CC[C@@H](Cc1ccccc1)n1cc(COc2cccc3c2CN(C2CCC(=O)NC2=O)C3=O)nn1. The van der Waals surface area contributed by atoms with E-state index in [0.717, 1.165) is 18.4 Å². The highest BCUT2D eigenvalue weighted by atomic mass is 16.5. The first-order valence-corrected chi connectivity index (χ1v) is 11.9. The van der Waals surface area contributed by atoms with Gasteiger partial charge >= 0.3 is 0 Å². The molecule has 1 N–H and O–H groups in total. The summed E-state index contributed by atoms with van der Waals surface area (Å²) >= 11 is 0.